The van der Waals surface area contributed by atoms with Crippen molar-refractivity contribution in [2.24, 2.45) is 5.92 Å². The van der Waals surface area contributed by atoms with Crippen LogP contribution in [0.3, 0.4) is 0 Å². The first-order chi connectivity index (χ1) is 7.69. The fourth-order valence-corrected chi connectivity index (χ4v) is 1.71. The molecule has 1 aliphatic heterocycles. The van der Waals surface area contributed by atoms with E-state index in [0.717, 1.165) is 11.5 Å². The lowest BCUT2D eigenvalue weighted by atomic mass is 10.0. The molecule has 0 aliphatic carbocycles. The van der Waals surface area contributed by atoms with E-state index in [9.17, 15) is 9.59 Å². The minimum Gasteiger partial charge on any atom is -0.442 e. The maximum Gasteiger partial charge on any atom is 0.444 e. The number of nitrogens with zero attached hydrogens (tertiary/aromatic N) is 1. The van der Waals surface area contributed by atoms with E-state index in [-0.39, 0.29) is 18.4 Å². The van der Waals surface area contributed by atoms with E-state index >= 15 is 0 Å². The minimum absolute atomic E-state index is 0.211. The van der Waals surface area contributed by atoms with Crippen molar-refractivity contribution in [3.05, 3.63) is 0 Å². The second-order valence-electron chi connectivity index (χ2n) is 5.76. The fraction of sp³-hybridized carbons (Fsp3) is 0.833. The molecular formula is C12H21NO4. The Labute approximate surface area is 102 Å². The van der Waals surface area contributed by atoms with Crippen molar-refractivity contribution in [3.63, 3.8) is 0 Å². The molecule has 1 fully saturated rings. The molecular weight excluding hydrogens is 222 g/mol. The van der Waals surface area contributed by atoms with Crippen LogP contribution < -0.4 is 0 Å². The molecule has 5 nitrogen and oxygen atoms in total. The maximum absolute atomic E-state index is 11.8. The predicted octanol–water partition coefficient (Wildman–Crippen LogP) is 2.50. The number of hydroxylamine groups is 2. The van der Waals surface area contributed by atoms with Gasteiger partial charge in [-0.25, -0.2) is 9.59 Å². The van der Waals surface area contributed by atoms with Gasteiger partial charge in [-0.1, -0.05) is 13.8 Å². The van der Waals surface area contributed by atoms with Gasteiger partial charge in [0.2, 0.25) is 0 Å². The third-order valence-electron chi connectivity index (χ3n) is 2.25. The van der Waals surface area contributed by atoms with Gasteiger partial charge in [0.15, 0.2) is 0 Å². The van der Waals surface area contributed by atoms with Crippen LogP contribution in [0.25, 0.3) is 0 Å². The third-order valence-corrected chi connectivity index (χ3v) is 2.25. The van der Waals surface area contributed by atoms with Crippen LogP contribution in [0.1, 0.15) is 47.5 Å². The number of amides is 1. The lowest BCUT2D eigenvalue weighted by molar-refractivity contribution is -0.170. The van der Waals surface area contributed by atoms with E-state index < -0.39 is 11.7 Å². The average molecular weight is 243 g/mol. The highest BCUT2D eigenvalue weighted by Gasteiger charge is 2.39. The number of carbonyl (C=O) groups is 2. The molecule has 0 aromatic rings. The number of hydrogen-bond acceptors (Lipinski definition) is 4. The van der Waals surface area contributed by atoms with Gasteiger partial charge in [-0.2, -0.15) is 0 Å². The summed E-state index contributed by atoms with van der Waals surface area (Å²) in [4.78, 5) is 28.0. The standard InChI is InChI=1S/C12H21NO4/c1-8(2)6-9-7-10(14)17-13(9)11(15)16-12(3,4)5/h8-9H,6-7H2,1-5H3/t9-/m0/s1. The Balaban J connectivity index is 2.66. The van der Waals surface area contributed by atoms with Gasteiger partial charge in [0.25, 0.3) is 0 Å². The van der Waals surface area contributed by atoms with E-state index in [4.69, 9.17) is 9.57 Å². The maximum atomic E-state index is 11.8. The number of hydrogen-bond donors (Lipinski definition) is 0. The first kappa shape index (κ1) is 13.8. The van der Waals surface area contributed by atoms with Crippen molar-refractivity contribution in [2.75, 3.05) is 0 Å². The molecule has 0 N–H and O–H groups in total. The summed E-state index contributed by atoms with van der Waals surface area (Å²) >= 11 is 0. The summed E-state index contributed by atoms with van der Waals surface area (Å²) in [7, 11) is 0. The van der Waals surface area contributed by atoms with Crippen LogP contribution in [0, 0.1) is 5.92 Å². The van der Waals surface area contributed by atoms with Crippen LogP contribution in [-0.2, 0) is 14.4 Å². The zero-order valence-corrected chi connectivity index (χ0v) is 11.1. The molecule has 1 heterocycles. The van der Waals surface area contributed by atoms with Gasteiger partial charge >= 0.3 is 12.1 Å². The van der Waals surface area contributed by atoms with Crippen molar-refractivity contribution < 1.29 is 19.2 Å². The highest BCUT2D eigenvalue weighted by atomic mass is 16.8. The summed E-state index contributed by atoms with van der Waals surface area (Å²) in [6, 6.07) is -0.211. The van der Waals surface area contributed by atoms with Crippen molar-refractivity contribution in [2.45, 2.75) is 59.1 Å². The molecule has 0 bridgehead atoms. The second-order valence-corrected chi connectivity index (χ2v) is 5.76. The van der Waals surface area contributed by atoms with E-state index in [0.29, 0.717) is 5.92 Å². The third kappa shape index (κ3) is 4.24. The summed E-state index contributed by atoms with van der Waals surface area (Å²) in [5, 5.41) is 1.08. The van der Waals surface area contributed by atoms with Gasteiger partial charge in [-0.3, -0.25) is 0 Å². The molecule has 0 radical (unpaired) electrons. The highest BCUT2D eigenvalue weighted by Crippen LogP contribution is 2.24. The normalized spacial score (nSPS) is 20.7. The first-order valence-electron chi connectivity index (χ1n) is 5.92. The molecule has 1 amide bonds. The predicted molar refractivity (Wildman–Crippen MR) is 62.0 cm³/mol. The minimum atomic E-state index is -0.589. The van der Waals surface area contributed by atoms with Crippen LogP contribution in [0.4, 0.5) is 4.79 Å². The molecule has 1 aliphatic rings. The van der Waals surface area contributed by atoms with Gasteiger partial charge in [-0.05, 0) is 33.1 Å². The summed E-state index contributed by atoms with van der Waals surface area (Å²) < 4.78 is 5.19. The van der Waals surface area contributed by atoms with Crippen LogP contribution >= 0.6 is 0 Å². The van der Waals surface area contributed by atoms with Crippen LogP contribution in [-0.4, -0.2) is 28.8 Å². The SMILES string of the molecule is CC(C)C[C@H]1CC(=O)ON1C(=O)OC(C)(C)C. The Morgan fingerprint density at radius 1 is 1.53 bits per heavy atom. The van der Waals surface area contributed by atoms with Gasteiger partial charge in [0.1, 0.15) is 5.60 Å². The summed E-state index contributed by atoms with van der Waals surface area (Å²) in [6.07, 6.45) is 0.386. The Bertz CT molecular complexity index is 306. The molecule has 5 heteroatoms. The topological polar surface area (TPSA) is 55.8 Å². The van der Waals surface area contributed by atoms with Crippen molar-refractivity contribution in [3.8, 4) is 0 Å². The molecule has 0 aromatic carbocycles. The summed E-state index contributed by atoms with van der Waals surface area (Å²) in [5.74, 6) is 0.0148. The van der Waals surface area contributed by atoms with Crippen molar-refractivity contribution >= 4 is 12.1 Å². The molecule has 1 rings (SSSR count). The molecule has 0 spiro atoms. The summed E-state index contributed by atoms with van der Waals surface area (Å²) in [5.41, 5.74) is -0.589. The average Bonchev–Trinajstić information content (AvgIpc) is 2.42. The number of carbonyl (C=O) groups excluding carboxylic acids is 2. The van der Waals surface area contributed by atoms with E-state index in [2.05, 4.69) is 0 Å². The number of rotatable bonds is 2. The van der Waals surface area contributed by atoms with Crippen molar-refractivity contribution in [1.29, 1.82) is 0 Å². The highest BCUT2D eigenvalue weighted by molar-refractivity contribution is 5.77. The van der Waals surface area contributed by atoms with Gasteiger partial charge in [-0.15, -0.1) is 5.06 Å². The van der Waals surface area contributed by atoms with Crippen LogP contribution in [0.15, 0.2) is 0 Å². The Morgan fingerprint density at radius 2 is 2.12 bits per heavy atom. The zero-order valence-electron chi connectivity index (χ0n) is 11.1. The number of ether oxygens (including phenoxy) is 1. The zero-order chi connectivity index (χ0) is 13.2. The van der Waals surface area contributed by atoms with Crippen LogP contribution in [0.2, 0.25) is 0 Å². The van der Waals surface area contributed by atoms with E-state index in [1.165, 1.54) is 0 Å². The lowest BCUT2D eigenvalue weighted by Gasteiger charge is -2.26. The molecule has 0 aromatic heterocycles. The largest absolute Gasteiger partial charge is 0.444 e. The van der Waals surface area contributed by atoms with E-state index in [1.54, 1.807) is 20.8 Å². The molecule has 17 heavy (non-hydrogen) atoms. The first-order valence-corrected chi connectivity index (χ1v) is 5.92. The Hall–Kier alpha value is -1.26. The lowest BCUT2D eigenvalue weighted by Crippen LogP contribution is -2.39. The van der Waals surface area contributed by atoms with Gasteiger partial charge in [0.05, 0.1) is 12.5 Å². The molecule has 1 saturated heterocycles. The fourth-order valence-electron chi connectivity index (χ4n) is 1.71. The smallest absolute Gasteiger partial charge is 0.442 e. The molecule has 1 atom stereocenters. The summed E-state index contributed by atoms with van der Waals surface area (Å²) in [6.45, 7) is 9.41. The molecule has 0 saturated carbocycles. The second kappa shape index (κ2) is 4.94. The van der Waals surface area contributed by atoms with Gasteiger partial charge < -0.3 is 9.57 Å². The quantitative estimate of drug-likeness (QED) is 0.747. The van der Waals surface area contributed by atoms with Crippen LogP contribution in [0.5, 0.6) is 0 Å². The van der Waals surface area contributed by atoms with E-state index in [1.807, 2.05) is 13.8 Å². The Kier molecular flexibility index (Phi) is 4.01. The molecule has 0 unspecified atom stereocenters. The molecule has 98 valence electrons. The Morgan fingerprint density at radius 3 is 2.59 bits per heavy atom. The van der Waals surface area contributed by atoms with Gasteiger partial charge in [0, 0.05) is 0 Å². The van der Waals surface area contributed by atoms with Crippen molar-refractivity contribution in [1.82, 2.24) is 5.06 Å². The monoisotopic (exact) mass is 243 g/mol.